The number of carboxylic acid groups (broad SMARTS) is 1. The summed E-state index contributed by atoms with van der Waals surface area (Å²) in [4.78, 5) is 38.6. The summed E-state index contributed by atoms with van der Waals surface area (Å²) in [5.41, 5.74) is -0.124. The van der Waals surface area contributed by atoms with Gasteiger partial charge in [-0.25, -0.2) is 0 Å². The highest BCUT2D eigenvalue weighted by Gasteiger charge is 2.50. The number of likely N-dealkylation sites (tertiary alicyclic amines) is 1. The molecule has 22 heavy (non-hydrogen) atoms. The molecular formula is C16H26N2O4. The van der Waals surface area contributed by atoms with Gasteiger partial charge in [0.25, 0.3) is 0 Å². The number of carbonyl (C=O) groups is 3. The first kappa shape index (κ1) is 16.8. The molecule has 0 radical (unpaired) electrons. The van der Waals surface area contributed by atoms with Crippen LogP contribution in [-0.4, -0.2) is 58.4 Å². The van der Waals surface area contributed by atoms with Crippen molar-refractivity contribution in [2.75, 3.05) is 19.6 Å². The van der Waals surface area contributed by atoms with Gasteiger partial charge in [0.05, 0.1) is 0 Å². The summed E-state index contributed by atoms with van der Waals surface area (Å²) in [5.74, 6) is -0.946. The standard InChI is InChI=1S/C16H26N2O4/c1-3-16(7-8-16)15(22)17-9-4-5-13(6-10-17)18(12(2)19)11-14(20)21/h13H,3-11H2,1-2H3,(H,20,21). The Morgan fingerprint density at radius 3 is 2.41 bits per heavy atom. The zero-order chi connectivity index (χ0) is 16.3. The molecule has 1 aliphatic heterocycles. The summed E-state index contributed by atoms with van der Waals surface area (Å²) >= 11 is 0. The van der Waals surface area contributed by atoms with Crippen LogP contribution in [-0.2, 0) is 14.4 Å². The second-order valence-electron chi connectivity index (χ2n) is 6.55. The zero-order valence-electron chi connectivity index (χ0n) is 13.5. The summed E-state index contributed by atoms with van der Waals surface area (Å²) in [6.07, 6.45) is 5.11. The minimum absolute atomic E-state index is 0.0804. The topological polar surface area (TPSA) is 77.9 Å². The average Bonchev–Trinajstić information content (AvgIpc) is 3.27. The molecule has 0 aromatic rings. The first-order chi connectivity index (χ1) is 10.4. The van der Waals surface area contributed by atoms with E-state index >= 15 is 0 Å². The molecule has 6 heteroatoms. The molecular weight excluding hydrogens is 284 g/mol. The molecule has 2 amide bonds. The number of hydrogen-bond donors (Lipinski definition) is 1. The van der Waals surface area contributed by atoms with Gasteiger partial charge < -0.3 is 14.9 Å². The molecule has 0 aromatic carbocycles. The Hall–Kier alpha value is -1.59. The lowest BCUT2D eigenvalue weighted by molar-refractivity contribution is -0.145. The smallest absolute Gasteiger partial charge is 0.323 e. The third-order valence-corrected chi connectivity index (χ3v) is 5.12. The maximum atomic E-state index is 12.6. The molecule has 0 aromatic heterocycles. The van der Waals surface area contributed by atoms with Crippen LogP contribution >= 0.6 is 0 Å². The highest BCUT2D eigenvalue weighted by atomic mass is 16.4. The fourth-order valence-corrected chi connectivity index (χ4v) is 3.44. The molecule has 1 saturated heterocycles. The predicted octanol–water partition coefficient (Wildman–Crippen LogP) is 1.49. The Morgan fingerprint density at radius 1 is 1.23 bits per heavy atom. The Morgan fingerprint density at radius 2 is 1.91 bits per heavy atom. The van der Waals surface area contributed by atoms with Crippen LogP contribution in [0.5, 0.6) is 0 Å². The fraction of sp³-hybridized carbons (Fsp3) is 0.812. The van der Waals surface area contributed by atoms with E-state index in [1.54, 1.807) is 0 Å². The van der Waals surface area contributed by atoms with E-state index in [1.165, 1.54) is 11.8 Å². The molecule has 1 N–H and O–H groups in total. The van der Waals surface area contributed by atoms with Crippen molar-refractivity contribution in [2.24, 2.45) is 5.41 Å². The summed E-state index contributed by atoms with van der Waals surface area (Å²) in [6, 6.07) is -0.0804. The van der Waals surface area contributed by atoms with E-state index in [9.17, 15) is 14.4 Å². The van der Waals surface area contributed by atoms with Gasteiger partial charge in [-0.1, -0.05) is 6.92 Å². The van der Waals surface area contributed by atoms with Gasteiger partial charge in [-0.15, -0.1) is 0 Å². The molecule has 2 rings (SSSR count). The Kier molecular flexibility index (Phi) is 5.08. The van der Waals surface area contributed by atoms with Crippen LogP contribution < -0.4 is 0 Å². The van der Waals surface area contributed by atoms with Crippen LogP contribution in [0.2, 0.25) is 0 Å². The molecule has 1 heterocycles. The van der Waals surface area contributed by atoms with Gasteiger partial charge in [-0.05, 0) is 38.5 Å². The van der Waals surface area contributed by atoms with E-state index in [2.05, 4.69) is 6.92 Å². The molecule has 6 nitrogen and oxygen atoms in total. The van der Waals surface area contributed by atoms with Crippen molar-refractivity contribution in [3.8, 4) is 0 Å². The predicted molar refractivity (Wildman–Crippen MR) is 81.2 cm³/mol. The van der Waals surface area contributed by atoms with Gasteiger partial charge in [0.1, 0.15) is 6.54 Å². The summed E-state index contributed by atoms with van der Waals surface area (Å²) in [5, 5.41) is 8.96. The van der Waals surface area contributed by atoms with Crippen molar-refractivity contribution in [1.29, 1.82) is 0 Å². The summed E-state index contributed by atoms with van der Waals surface area (Å²) in [6.45, 7) is 4.56. The van der Waals surface area contributed by atoms with E-state index in [0.717, 1.165) is 38.6 Å². The number of carboxylic acids is 1. The maximum absolute atomic E-state index is 12.6. The van der Waals surface area contributed by atoms with Gasteiger partial charge in [0.2, 0.25) is 11.8 Å². The van der Waals surface area contributed by atoms with Gasteiger partial charge in [0.15, 0.2) is 0 Å². The Bertz CT molecular complexity index is 459. The number of rotatable bonds is 5. The van der Waals surface area contributed by atoms with Crippen LogP contribution in [0.1, 0.15) is 52.4 Å². The number of carbonyl (C=O) groups excluding carboxylic acids is 2. The summed E-state index contributed by atoms with van der Waals surface area (Å²) < 4.78 is 0. The second kappa shape index (κ2) is 6.67. The Balaban J connectivity index is 1.98. The van der Waals surface area contributed by atoms with Crippen LogP contribution in [0.3, 0.4) is 0 Å². The quantitative estimate of drug-likeness (QED) is 0.834. The highest BCUT2D eigenvalue weighted by molar-refractivity contribution is 5.85. The molecule has 2 aliphatic rings. The SMILES string of the molecule is CCC1(C(=O)N2CCCC(N(CC(=O)O)C(C)=O)CC2)CC1. The molecule has 0 spiro atoms. The van der Waals surface area contributed by atoms with Gasteiger partial charge >= 0.3 is 5.97 Å². The molecule has 1 atom stereocenters. The third kappa shape index (κ3) is 3.59. The second-order valence-corrected chi connectivity index (χ2v) is 6.55. The largest absolute Gasteiger partial charge is 0.480 e. The fourth-order valence-electron chi connectivity index (χ4n) is 3.44. The lowest BCUT2D eigenvalue weighted by atomic mass is 10.0. The average molecular weight is 310 g/mol. The van der Waals surface area contributed by atoms with Crippen LogP contribution in [0.25, 0.3) is 0 Å². The van der Waals surface area contributed by atoms with Crippen molar-refractivity contribution in [2.45, 2.75) is 58.4 Å². The minimum atomic E-state index is -0.990. The van der Waals surface area contributed by atoms with E-state index in [0.29, 0.717) is 13.0 Å². The van der Waals surface area contributed by atoms with Crippen LogP contribution in [0.15, 0.2) is 0 Å². The van der Waals surface area contributed by atoms with Gasteiger partial charge in [0, 0.05) is 31.5 Å². The van der Waals surface area contributed by atoms with Crippen LogP contribution in [0, 0.1) is 5.41 Å². The van der Waals surface area contributed by atoms with Crippen molar-refractivity contribution in [3.05, 3.63) is 0 Å². The van der Waals surface area contributed by atoms with E-state index in [-0.39, 0.29) is 29.8 Å². The highest BCUT2D eigenvalue weighted by Crippen LogP contribution is 2.50. The third-order valence-electron chi connectivity index (χ3n) is 5.12. The minimum Gasteiger partial charge on any atom is -0.480 e. The molecule has 1 unspecified atom stereocenters. The lowest BCUT2D eigenvalue weighted by Crippen LogP contribution is -2.43. The van der Waals surface area contributed by atoms with Crippen LogP contribution in [0.4, 0.5) is 0 Å². The van der Waals surface area contributed by atoms with Crippen molar-refractivity contribution >= 4 is 17.8 Å². The maximum Gasteiger partial charge on any atom is 0.323 e. The molecule has 1 saturated carbocycles. The zero-order valence-corrected chi connectivity index (χ0v) is 13.5. The summed E-state index contributed by atoms with van der Waals surface area (Å²) in [7, 11) is 0. The van der Waals surface area contributed by atoms with E-state index in [4.69, 9.17) is 5.11 Å². The number of hydrogen-bond acceptors (Lipinski definition) is 3. The molecule has 1 aliphatic carbocycles. The molecule has 2 fully saturated rings. The lowest BCUT2D eigenvalue weighted by Gasteiger charge is -2.29. The van der Waals surface area contributed by atoms with Crippen molar-refractivity contribution in [1.82, 2.24) is 9.80 Å². The first-order valence-electron chi connectivity index (χ1n) is 8.18. The van der Waals surface area contributed by atoms with Crippen molar-refractivity contribution < 1.29 is 19.5 Å². The number of nitrogens with zero attached hydrogens (tertiary/aromatic N) is 2. The number of amides is 2. The molecule has 124 valence electrons. The van der Waals surface area contributed by atoms with Crippen molar-refractivity contribution in [3.63, 3.8) is 0 Å². The van der Waals surface area contributed by atoms with Gasteiger partial charge in [-0.2, -0.15) is 0 Å². The normalized spacial score (nSPS) is 23.5. The number of aliphatic carboxylic acids is 1. The van der Waals surface area contributed by atoms with Gasteiger partial charge in [-0.3, -0.25) is 14.4 Å². The van der Waals surface area contributed by atoms with E-state index in [1.807, 2.05) is 4.90 Å². The Labute approximate surface area is 131 Å². The monoisotopic (exact) mass is 310 g/mol. The van der Waals surface area contributed by atoms with E-state index < -0.39 is 5.97 Å². The molecule has 0 bridgehead atoms. The first-order valence-corrected chi connectivity index (χ1v) is 8.18.